The molecule has 2 aromatic carbocycles. The van der Waals surface area contributed by atoms with Gasteiger partial charge < -0.3 is 9.94 Å². The number of sulfonamides is 1. The van der Waals surface area contributed by atoms with Gasteiger partial charge in [-0.15, -0.1) is 5.01 Å². The summed E-state index contributed by atoms with van der Waals surface area (Å²) in [6.07, 6.45) is -6.32. The summed E-state index contributed by atoms with van der Waals surface area (Å²) in [5.74, 6) is -1.52. The first-order valence-corrected chi connectivity index (χ1v) is 14.9. The van der Waals surface area contributed by atoms with Gasteiger partial charge in [0, 0.05) is 12.5 Å². The summed E-state index contributed by atoms with van der Waals surface area (Å²) < 4.78 is 73.9. The fraction of sp³-hybridized carbons (Fsp3) is 0.393. The van der Waals surface area contributed by atoms with Gasteiger partial charge in [-0.2, -0.15) is 18.3 Å². The first kappa shape index (κ1) is 34.8. The fourth-order valence-corrected chi connectivity index (χ4v) is 4.55. The minimum absolute atomic E-state index is 0.00766. The number of hydrogen-bond donors (Lipinski definition) is 1. The van der Waals surface area contributed by atoms with Crippen LogP contribution in [0.3, 0.4) is 0 Å². The van der Waals surface area contributed by atoms with E-state index in [1.165, 1.54) is 26.1 Å². The highest BCUT2D eigenvalue weighted by Crippen LogP contribution is 2.33. The molecule has 3 rings (SSSR count). The van der Waals surface area contributed by atoms with E-state index in [4.69, 9.17) is 9.57 Å². The highest BCUT2D eigenvalue weighted by Gasteiger charge is 2.35. The van der Waals surface area contributed by atoms with Gasteiger partial charge in [-0.1, -0.05) is 29.8 Å². The van der Waals surface area contributed by atoms with Crippen LogP contribution < -0.4 is 4.72 Å². The molecule has 0 fully saturated rings. The molecule has 17 heteroatoms. The van der Waals surface area contributed by atoms with Crippen LogP contribution in [-0.2, 0) is 35.4 Å². The molecule has 0 saturated heterocycles. The summed E-state index contributed by atoms with van der Waals surface area (Å²) in [4.78, 5) is 28.7. The number of benzene rings is 2. The van der Waals surface area contributed by atoms with Crippen LogP contribution in [0.5, 0.6) is 0 Å². The average molecular weight is 655 g/mol. The SMILES string of the molecule is Cc1ccc(-c2cc(C(F)(F)F)nn2-c2ccc(S(=O)(=O)NC(=O)CCN(C)/[N+]([O-])=N\OC(C)OC(=O)C(C)(C)C)cc2)cc1. The number of hydrazine groups is 1. The van der Waals surface area contributed by atoms with E-state index in [2.05, 4.69) is 10.4 Å². The number of nitrogens with zero attached hydrogens (tertiary/aromatic N) is 5. The molecule has 0 aliphatic rings. The zero-order chi connectivity index (χ0) is 33.7. The molecule has 1 N–H and O–H groups in total. The molecule has 244 valence electrons. The van der Waals surface area contributed by atoms with Gasteiger partial charge >= 0.3 is 12.1 Å². The van der Waals surface area contributed by atoms with Gasteiger partial charge in [0.1, 0.15) is 0 Å². The number of aromatic nitrogens is 2. The number of carbonyl (C=O) groups excluding carboxylic acids is 2. The summed E-state index contributed by atoms with van der Waals surface area (Å²) in [5, 5.41) is 19.9. The zero-order valence-corrected chi connectivity index (χ0v) is 26.1. The summed E-state index contributed by atoms with van der Waals surface area (Å²) in [6, 6.07) is 12.4. The quantitative estimate of drug-likeness (QED) is 0.101. The van der Waals surface area contributed by atoms with Gasteiger partial charge in [0.05, 0.1) is 46.7 Å². The second kappa shape index (κ2) is 13.5. The minimum Gasteiger partial charge on any atom is -0.569 e. The maximum Gasteiger partial charge on any atom is 0.435 e. The number of rotatable bonds is 11. The number of hydrogen-bond acceptors (Lipinski definition) is 9. The summed E-state index contributed by atoms with van der Waals surface area (Å²) in [6.45, 7) is 7.81. The molecule has 0 bridgehead atoms. The molecule has 1 unspecified atom stereocenters. The first-order valence-electron chi connectivity index (χ1n) is 13.4. The number of carbonyl (C=O) groups is 2. The maximum atomic E-state index is 13.5. The van der Waals surface area contributed by atoms with E-state index in [0.717, 1.165) is 33.5 Å². The Morgan fingerprint density at radius 2 is 1.71 bits per heavy atom. The third-order valence-electron chi connectivity index (χ3n) is 6.09. The van der Waals surface area contributed by atoms with Crippen molar-refractivity contribution in [1.82, 2.24) is 19.5 Å². The van der Waals surface area contributed by atoms with E-state index in [-0.39, 0.29) is 27.8 Å². The van der Waals surface area contributed by atoms with Crippen molar-refractivity contribution in [3.05, 3.63) is 71.1 Å². The van der Waals surface area contributed by atoms with Crippen molar-refractivity contribution in [1.29, 1.82) is 0 Å². The second-order valence-electron chi connectivity index (χ2n) is 11.0. The van der Waals surface area contributed by atoms with E-state index in [0.29, 0.717) is 5.56 Å². The van der Waals surface area contributed by atoms with Crippen LogP contribution in [0.2, 0.25) is 0 Å². The molecule has 0 aliphatic heterocycles. The van der Waals surface area contributed by atoms with Gasteiger partial charge in [-0.3, -0.25) is 14.4 Å². The molecule has 0 radical (unpaired) electrons. The topological polar surface area (TPSA) is 158 Å². The minimum atomic E-state index is -4.71. The summed E-state index contributed by atoms with van der Waals surface area (Å²) in [5.41, 5.74) is -0.262. The molecule has 1 amide bonds. The summed E-state index contributed by atoms with van der Waals surface area (Å²) >= 11 is 0. The van der Waals surface area contributed by atoms with Gasteiger partial charge in [-0.25, -0.2) is 17.8 Å². The van der Waals surface area contributed by atoms with Gasteiger partial charge in [0.25, 0.3) is 16.3 Å². The fourth-order valence-electron chi connectivity index (χ4n) is 3.54. The Bertz CT molecular complexity index is 1650. The van der Waals surface area contributed by atoms with Crippen molar-refractivity contribution in [3.63, 3.8) is 0 Å². The van der Waals surface area contributed by atoms with Crippen molar-refractivity contribution in [2.75, 3.05) is 13.6 Å². The number of halogens is 3. The highest BCUT2D eigenvalue weighted by molar-refractivity contribution is 7.90. The molecule has 3 aromatic rings. The number of nitrogens with one attached hydrogen (secondary N) is 1. The normalized spacial score (nSPS) is 13.2. The predicted molar refractivity (Wildman–Crippen MR) is 153 cm³/mol. The monoisotopic (exact) mass is 654 g/mol. The van der Waals surface area contributed by atoms with Gasteiger partial charge in [-0.05, 0) is 58.0 Å². The average Bonchev–Trinajstić information content (AvgIpc) is 3.41. The van der Waals surface area contributed by atoms with E-state index in [1.54, 1.807) is 45.0 Å². The van der Waals surface area contributed by atoms with Gasteiger partial charge in [0.15, 0.2) is 5.69 Å². The third kappa shape index (κ3) is 9.41. The Kier molecular flexibility index (Phi) is 10.5. The Hall–Kier alpha value is -4.67. The van der Waals surface area contributed by atoms with Crippen molar-refractivity contribution in [2.45, 2.75) is 58.4 Å². The Balaban J connectivity index is 1.65. The molecular weight excluding hydrogens is 621 g/mol. The van der Waals surface area contributed by atoms with E-state index < -0.39 is 51.9 Å². The maximum absolute atomic E-state index is 13.5. The Morgan fingerprint density at radius 1 is 1.11 bits per heavy atom. The lowest BCUT2D eigenvalue weighted by Gasteiger charge is -2.19. The number of aryl methyl sites for hydroxylation is 1. The molecule has 1 atom stereocenters. The number of alkyl halides is 3. The summed E-state index contributed by atoms with van der Waals surface area (Å²) in [7, 11) is -3.11. The Labute approximate surface area is 257 Å². The van der Waals surface area contributed by atoms with Crippen LogP contribution in [0.25, 0.3) is 16.9 Å². The lowest BCUT2D eigenvalue weighted by molar-refractivity contribution is -0.707. The number of ether oxygens (including phenoxy) is 1. The standard InChI is InChI=1S/C28H33F3N6O7S/c1-18-7-9-20(10-8-18)23-17-24(28(29,30)31)32-36(23)21-11-13-22(14-12-21)45(41,42)33-25(38)15-16-35(6)37(40)34-44-19(2)43-26(39)27(3,4)5/h7-14,17,19H,15-16H2,1-6H3,(H,33,38)/b37-34+. The van der Waals surface area contributed by atoms with Gasteiger partial charge in [0.2, 0.25) is 11.2 Å². The molecule has 0 spiro atoms. The lowest BCUT2D eigenvalue weighted by atomic mass is 9.97. The van der Waals surface area contributed by atoms with Crippen molar-refractivity contribution in [2.24, 2.45) is 10.7 Å². The van der Waals surface area contributed by atoms with Crippen molar-refractivity contribution in [3.8, 4) is 16.9 Å². The number of amides is 1. The smallest absolute Gasteiger partial charge is 0.435 e. The first-order chi connectivity index (χ1) is 20.8. The molecule has 45 heavy (non-hydrogen) atoms. The largest absolute Gasteiger partial charge is 0.569 e. The predicted octanol–water partition coefficient (Wildman–Crippen LogP) is 4.74. The van der Waals surface area contributed by atoms with Crippen molar-refractivity contribution < 1.29 is 45.7 Å². The van der Waals surface area contributed by atoms with Crippen LogP contribution in [0.1, 0.15) is 45.4 Å². The molecule has 0 saturated carbocycles. The molecule has 13 nitrogen and oxygen atoms in total. The van der Waals surface area contributed by atoms with Crippen LogP contribution in [0, 0.1) is 17.5 Å². The lowest BCUT2D eigenvalue weighted by Crippen LogP contribution is -2.35. The zero-order valence-electron chi connectivity index (χ0n) is 25.3. The second-order valence-corrected chi connectivity index (χ2v) is 12.7. The molecular formula is C28H33F3N6O7S. The van der Waals surface area contributed by atoms with E-state index in [1.807, 2.05) is 11.6 Å². The van der Waals surface area contributed by atoms with Crippen molar-refractivity contribution >= 4 is 21.9 Å². The van der Waals surface area contributed by atoms with Crippen LogP contribution in [0.4, 0.5) is 13.2 Å². The molecule has 1 aromatic heterocycles. The highest BCUT2D eigenvalue weighted by atomic mass is 32.2. The van der Waals surface area contributed by atoms with E-state index >= 15 is 0 Å². The third-order valence-corrected chi connectivity index (χ3v) is 7.48. The van der Waals surface area contributed by atoms with E-state index in [9.17, 15) is 36.4 Å². The molecule has 0 aliphatic carbocycles. The van der Waals surface area contributed by atoms with Crippen LogP contribution in [-0.4, -0.2) is 59.9 Å². The van der Waals surface area contributed by atoms with Crippen LogP contribution >= 0.6 is 0 Å². The molecule has 1 heterocycles. The number of esters is 1. The van der Waals surface area contributed by atoms with Crippen LogP contribution in [0.15, 0.2) is 64.8 Å². The Morgan fingerprint density at radius 3 is 2.27 bits per heavy atom.